The van der Waals surface area contributed by atoms with Gasteiger partial charge >= 0.3 is 0 Å². The largest absolute Gasteiger partial charge is 0.394 e. The monoisotopic (exact) mass is 356 g/mol. The second kappa shape index (κ2) is 6.75. The van der Waals surface area contributed by atoms with E-state index in [2.05, 4.69) is 25.3 Å². The van der Waals surface area contributed by atoms with Crippen LogP contribution in [0, 0.1) is 0 Å². The van der Waals surface area contributed by atoms with Crippen molar-refractivity contribution in [2.75, 3.05) is 11.9 Å². The highest BCUT2D eigenvalue weighted by Gasteiger charge is 2.36. The zero-order valence-corrected chi connectivity index (χ0v) is 13.6. The van der Waals surface area contributed by atoms with Crippen LogP contribution < -0.4 is 5.32 Å². The fourth-order valence-electron chi connectivity index (χ4n) is 2.91. The van der Waals surface area contributed by atoms with Crippen molar-refractivity contribution >= 4 is 22.9 Å². The quantitative estimate of drug-likeness (QED) is 0.599. The Kier molecular flexibility index (Phi) is 4.29. The lowest BCUT2D eigenvalue weighted by Crippen LogP contribution is -2.19. The minimum Gasteiger partial charge on any atom is -0.394 e. The van der Waals surface area contributed by atoms with Crippen molar-refractivity contribution in [3.05, 3.63) is 42.7 Å². The molecule has 0 bridgehead atoms. The Bertz CT molecular complexity index is 931. The zero-order chi connectivity index (χ0) is 18.1. The molecular weight excluding hydrogens is 340 g/mol. The molecule has 4 heterocycles. The first-order valence-corrected chi connectivity index (χ1v) is 8.00. The molecule has 1 fully saturated rings. The Morgan fingerprint density at radius 3 is 2.85 bits per heavy atom. The van der Waals surface area contributed by atoms with Gasteiger partial charge in [0.15, 0.2) is 23.2 Å². The van der Waals surface area contributed by atoms with E-state index >= 15 is 0 Å². The number of pyridine rings is 1. The van der Waals surface area contributed by atoms with Crippen LogP contribution >= 0.6 is 0 Å². The van der Waals surface area contributed by atoms with Crippen LogP contribution in [0.2, 0.25) is 0 Å². The standard InChI is InChI=1S/C16H16N6O4/c23-6-10-5-11(24)16(26-10)22-8-20-12-13(18-7-19-14(12)22)21-15(25)9-1-3-17-4-2-9/h1-4,7-8,10-11,16,23-24H,5-6H2,(H,18,19,21,25)/t10-,11?,16+/m0/s1. The van der Waals surface area contributed by atoms with Crippen molar-refractivity contribution in [2.24, 2.45) is 0 Å². The number of fused-ring (bicyclic) bond motifs is 1. The van der Waals surface area contributed by atoms with Gasteiger partial charge in [0.05, 0.1) is 19.0 Å². The SMILES string of the molecule is O=C(Nc1ncnc2c1ncn2[C@@H]1O[C@H](CO)CC1O)c1ccncc1. The molecule has 0 spiro atoms. The van der Waals surface area contributed by atoms with E-state index < -0.39 is 18.4 Å². The minimum absolute atomic E-state index is 0.178. The Morgan fingerprint density at radius 1 is 1.31 bits per heavy atom. The molecule has 10 nitrogen and oxygen atoms in total. The molecule has 3 N–H and O–H groups in total. The summed E-state index contributed by atoms with van der Waals surface area (Å²) in [5.41, 5.74) is 1.22. The number of aromatic nitrogens is 5. The lowest BCUT2D eigenvalue weighted by Gasteiger charge is -2.16. The van der Waals surface area contributed by atoms with Crippen LogP contribution in [0.5, 0.6) is 0 Å². The summed E-state index contributed by atoms with van der Waals surface area (Å²) in [5.74, 6) is -0.0961. The maximum Gasteiger partial charge on any atom is 0.256 e. The van der Waals surface area contributed by atoms with Gasteiger partial charge in [-0.25, -0.2) is 15.0 Å². The summed E-state index contributed by atoms with van der Waals surface area (Å²) in [6.07, 6.45) is 4.18. The molecule has 10 heteroatoms. The van der Waals surface area contributed by atoms with E-state index in [1.807, 2.05) is 0 Å². The number of rotatable bonds is 4. The number of aliphatic hydroxyl groups is 2. The number of carbonyl (C=O) groups is 1. The van der Waals surface area contributed by atoms with Gasteiger partial charge in [-0.15, -0.1) is 0 Å². The van der Waals surface area contributed by atoms with E-state index in [9.17, 15) is 15.0 Å². The third-order valence-corrected chi connectivity index (χ3v) is 4.18. The summed E-state index contributed by atoms with van der Waals surface area (Å²) in [5, 5.41) is 22.1. The fourth-order valence-corrected chi connectivity index (χ4v) is 2.91. The summed E-state index contributed by atoms with van der Waals surface area (Å²) < 4.78 is 7.20. The number of carbonyl (C=O) groups excluding carboxylic acids is 1. The summed E-state index contributed by atoms with van der Waals surface area (Å²) in [7, 11) is 0. The molecule has 134 valence electrons. The van der Waals surface area contributed by atoms with Gasteiger partial charge in [0.25, 0.3) is 5.91 Å². The van der Waals surface area contributed by atoms with Gasteiger partial charge < -0.3 is 20.3 Å². The second-order valence-electron chi connectivity index (χ2n) is 5.87. The molecule has 0 aromatic carbocycles. The summed E-state index contributed by atoms with van der Waals surface area (Å²) >= 11 is 0. The van der Waals surface area contributed by atoms with E-state index in [-0.39, 0.29) is 18.3 Å². The highest BCUT2D eigenvalue weighted by molar-refractivity contribution is 6.06. The normalized spacial score (nSPS) is 22.6. The van der Waals surface area contributed by atoms with Gasteiger partial charge in [0, 0.05) is 24.4 Å². The van der Waals surface area contributed by atoms with Gasteiger partial charge in [0.1, 0.15) is 12.4 Å². The van der Waals surface area contributed by atoms with Gasteiger partial charge in [-0.05, 0) is 12.1 Å². The molecule has 0 radical (unpaired) electrons. The highest BCUT2D eigenvalue weighted by atomic mass is 16.5. The van der Waals surface area contributed by atoms with Crippen molar-refractivity contribution in [1.29, 1.82) is 0 Å². The average molecular weight is 356 g/mol. The number of nitrogens with zero attached hydrogens (tertiary/aromatic N) is 5. The number of ether oxygens (including phenoxy) is 1. The van der Waals surface area contributed by atoms with Crippen LogP contribution in [0.25, 0.3) is 11.2 Å². The maximum atomic E-state index is 12.3. The molecule has 0 saturated carbocycles. The number of hydrogen-bond acceptors (Lipinski definition) is 8. The predicted molar refractivity (Wildman–Crippen MR) is 89.1 cm³/mol. The highest BCUT2D eigenvalue weighted by Crippen LogP contribution is 2.31. The summed E-state index contributed by atoms with van der Waals surface area (Å²) in [6.45, 7) is -0.178. The van der Waals surface area contributed by atoms with Crippen LogP contribution in [0.4, 0.5) is 5.82 Å². The van der Waals surface area contributed by atoms with Crippen molar-refractivity contribution in [2.45, 2.75) is 24.9 Å². The summed E-state index contributed by atoms with van der Waals surface area (Å²) in [6, 6.07) is 3.17. The van der Waals surface area contributed by atoms with E-state index in [4.69, 9.17) is 4.74 Å². The minimum atomic E-state index is -0.797. The molecule has 0 aliphatic carbocycles. The Balaban J connectivity index is 1.64. The number of amides is 1. The molecule has 3 atom stereocenters. The van der Waals surface area contributed by atoms with Crippen LogP contribution in [0.15, 0.2) is 37.2 Å². The number of anilines is 1. The van der Waals surface area contributed by atoms with Crippen molar-refractivity contribution in [3.63, 3.8) is 0 Å². The predicted octanol–water partition coefficient (Wildman–Crippen LogP) is 0.114. The lowest BCUT2D eigenvalue weighted by atomic mass is 10.2. The Labute approximate surface area is 147 Å². The zero-order valence-electron chi connectivity index (χ0n) is 13.6. The number of hydrogen-bond donors (Lipinski definition) is 3. The number of aliphatic hydroxyl groups excluding tert-OH is 2. The topological polar surface area (TPSA) is 135 Å². The molecule has 1 amide bonds. The third kappa shape index (κ3) is 2.90. The van der Waals surface area contributed by atoms with E-state index in [1.54, 1.807) is 16.7 Å². The fraction of sp³-hybridized carbons (Fsp3) is 0.312. The number of nitrogens with one attached hydrogen (secondary N) is 1. The smallest absolute Gasteiger partial charge is 0.256 e. The van der Waals surface area contributed by atoms with Crippen LogP contribution in [-0.2, 0) is 4.74 Å². The maximum absolute atomic E-state index is 12.3. The second-order valence-corrected chi connectivity index (χ2v) is 5.87. The van der Waals surface area contributed by atoms with E-state index in [0.717, 1.165) is 0 Å². The molecule has 1 saturated heterocycles. The van der Waals surface area contributed by atoms with Crippen LogP contribution in [0.1, 0.15) is 23.0 Å². The van der Waals surface area contributed by atoms with Crippen molar-refractivity contribution < 1.29 is 19.7 Å². The lowest BCUT2D eigenvalue weighted by molar-refractivity contribution is -0.0486. The molecule has 26 heavy (non-hydrogen) atoms. The first kappa shape index (κ1) is 16.5. The third-order valence-electron chi connectivity index (χ3n) is 4.18. The van der Waals surface area contributed by atoms with Crippen LogP contribution in [0.3, 0.4) is 0 Å². The molecule has 4 rings (SSSR count). The van der Waals surface area contributed by atoms with Crippen molar-refractivity contribution in [3.8, 4) is 0 Å². The van der Waals surface area contributed by atoms with Gasteiger partial charge in [0.2, 0.25) is 0 Å². The van der Waals surface area contributed by atoms with Gasteiger partial charge in [-0.1, -0.05) is 0 Å². The van der Waals surface area contributed by atoms with Gasteiger partial charge in [-0.2, -0.15) is 0 Å². The molecule has 3 aromatic heterocycles. The number of imidazole rings is 1. The first-order chi connectivity index (χ1) is 12.7. The van der Waals surface area contributed by atoms with Crippen molar-refractivity contribution in [1.82, 2.24) is 24.5 Å². The van der Waals surface area contributed by atoms with E-state index in [0.29, 0.717) is 23.1 Å². The summed E-state index contributed by atoms with van der Waals surface area (Å²) in [4.78, 5) is 28.7. The molecular formula is C16H16N6O4. The molecule has 1 aliphatic rings. The van der Waals surface area contributed by atoms with E-state index in [1.165, 1.54) is 25.0 Å². The molecule has 1 unspecified atom stereocenters. The van der Waals surface area contributed by atoms with Crippen LogP contribution in [-0.4, -0.2) is 59.4 Å². The molecule has 3 aromatic rings. The Morgan fingerprint density at radius 2 is 2.12 bits per heavy atom. The Hall–Kier alpha value is -2.95. The first-order valence-electron chi connectivity index (χ1n) is 8.00. The molecule has 1 aliphatic heterocycles. The van der Waals surface area contributed by atoms with Gasteiger partial charge in [-0.3, -0.25) is 14.3 Å². The average Bonchev–Trinajstić information content (AvgIpc) is 3.26.